The third-order valence-electron chi connectivity index (χ3n) is 3.18. The minimum Gasteiger partial charge on any atom is -0.320 e. The van der Waals surface area contributed by atoms with Crippen molar-refractivity contribution in [2.75, 3.05) is 20.6 Å². The van der Waals surface area contributed by atoms with E-state index in [1.807, 2.05) is 19.2 Å². The predicted molar refractivity (Wildman–Crippen MR) is 70.5 cm³/mol. The van der Waals surface area contributed by atoms with Crippen LogP contribution in [0.3, 0.4) is 0 Å². The number of benzene rings is 1. The van der Waals surface area contributed by atoms with Gasteiger partial charge in [-0.25, -0.2) is 4.39 Å². The second kappa shape index (κ2) is 7.41. The van der Waals surface area contributed by atoms with Crippen molar-refractivity contribution in [3.63, 3.8) is 0 Å². The van der Waals surface area contributed by atoms with E-state index in [4.69, 9.17) is 0 Å². The Bertz CT molecular complexity index is 328. The van der Waals surface area contributed by atoms with Crippen molar-refractivity contribution < 1.29 is 4.39 Å². The molecule has 1 atom stereocenters. The normalized spacial score (nSPS) is 13.0. The first-order chi connectivity index (χ1) is 8.15. The van der Waals surface area contributed by atoms with E-state index in [0.717, 1.165) is 24.9 Å². The summed E-state index contributed by atoms with van der Waals surface area (Å²) in [5.74, 6) is -0.109. The third kappa shape index (κ3) is 4.84. The largest absolute Gasteiger partial charge is 0.320 e. The van der Waals surface area contributed by atoms with Gasteiger partial charge in [0, 0.05) is 18.2 Å². The lowest BCUT2D eigenvalue weighted by Crippen LogP contribution is -2.29. The molecule has 17 heavy (non-hydrogen) atoms. The summed E-state index contributed by atoms with van der Waals surface area (Å²) in [7, 11) is 4.02. The van der Waals surface area contributed by atoms with Crippen molar-refractivity contribution in [2.45, 2.75) is 32.4 Å². The molecule has 0 radical (unpaired) electrons. The minimum atomic E-state index is -0.109. The molecule has 1 N–H and O–H groups in total. The highest BCUT2D eigenvalue weighted by molar-refractivity contribution is 5.17. The number of halogens is 1. The van der Waals surface area contributed by atoms with E-state index in [0.29, 0.717) is 12.6 Å². The van der Waals surface area contributed by atoms with Crippen molar-refractivity contribution in [1.82, 2.24) is 10.2 Å². The van der Waals surface area contributed by atoms with E-state index in [9.17, 15) is 4.39 Å². The molecule has 0 spiro atoms. The SMILES string of the molecule is CNCCCC(C)N(C)Cc1ccccc1F. The Balaban J connectivity index is 2.43. The van der Waals surface area contributed by atoms with Gasteiger partial charge in [0.1, 0.15) is 5.82 Å². The number of rotatable bonds is 7. The Morgan fingerprint density at radius 1 is 1.35 bits per heavy atom. The first-order valence-corrected chi connectivity index (χ1v) is 6.23. The molecule has 96 valence electrons. The average Bonchev–Trinajstić information content (AvgIpc) is 2.32. The standard InChI is InChI=1S/C14H23FN2/c1-12(7-6-10-16-2)17(3)11-13-8-4-5-9-14(13)15/h4-5,8-9,12,16H,6-7,10-11H2,1-3H3. The van der Waals surface area contributed by atoms with E-state index in [-0.39, 0.29) is 5.82 Å². The monoisotopic (exact) mass is 238 g/mol. The van der Waals surface area contributed by atoms with Gasteiger partial charge < -0.3 is 5.32 Å². The Morgan fingerprint density at radius 3 is 2.71 bits per heavy atom. The van der Waals surface area contributed by atoms with Gasteiger partial charge in [-0.2, -0.15) is 0 Å². The first kappa shape index (κ1) is 14.1. The molecule has 0 amide bonds. The molecular weight excluding hydrogens is 215 g/mol. The molecule has 0 aliphatic carbocycles. The molecule has 0 heterocycles. The van der Waals surface area contributed by atoms with Crippen LogP contribution in [0.4, 0.5) is 4.39 Å². The molecule has 1 aromatic carbocycles. The van der Waals surface area contributed by atoms with Crippen molar-refractivity contribution in [3.8, 4) is 0 Å². The molecule has 1 unspecified atom stereocenters. The summed E-state index contributed by atoms with van der Waals surface area (Å²) in [5.41, 5.74) is 0.774. The molecule has 0 saturated carbocycles. The van der Waals surface area contributed by atoms with Gasteiger partial charge in [0.05, 0.1) is 0 Å². The van der Waals surface area contributed by atoms with Gasteiger partial charge in [0.15, 0.2) is 0 Å². The van der Waals surface area contributed by atoms with Crippen molar-refractivity contribution in [1.29, 1.82) is 0 Å². The van der Waals surface area contributed by atoms with E-state index in [1.54, 1.807) is 6.07 Å². The van der Waals surface area contributed by atoms with Crippen molar-refractivity contribution >= 4 is 0 Å². The number of hydrogen-bond acceptors (Lipinski definition) is 2. The van der Waals surface area contributed by atoms with Gasteiger partial charge in [-0.3, -0.25) is 4.90 Å². The molecule has 1 rings (SSSR count). The van der Waals surface area contributed by atoms with Crippen LogP contribution in [0.25, 0.3) is 0 Å². The van der Waals surface area contributed by atoms with Crippen LogP contribution in [-0.4, -0.2) is 31.6 Å². The van der Waals surface area contributed by atoms with Crippen molar-refractivity contribution in [3.05, 3.63) is 35.6 Å². The van der Waals surface area contributed by atoms with Crippen LogP contribution >= 0.6 is 0 Å². The summed E-state index contributed by atoms with van der Waals surface area (Å²) in [6.07, 6.45) is 2.28. The quantitative estimate of drug-likeness (QED) is 0.735. The highest BCUT2D eigenvalue weighted by Crippen LogP contribution is 2.12. The Kier molecular flexibility index (Phi) is 6.16. The maximum absolute atomic E-state index is 13.5. The van der Waals surface area contributed by atoms with Crippen LogP contribution in [-0.2, 0) is 6.54 Å². The zero-order valence-corrected chi connectivity index (χ0v) is 11.0. The number of nitrogens with one attached hydrogen (secondary N) is 1. The van der Waals surface area contributed by atoms with Gasteiger partial charge in [0.2, 0.25) is 0 Å². The zero-order chi connectivity index (χ0) is 12.7. The number of hydrogen-bond donors (Lipinski definition) is 1. The smallest absolute Gasteiger partial charge is 0.127 e. The van der Waals surface area contributed by atoms with Crippen LogP contribution in [0.2, 0.25) is 0 Å². The molecule has 0 aromatic heterocycles. The fourth-order valence-corrected chi connectivity index (χ4v) is 1.85. The highest BCUT2D eigenvalue weighted by Gasteiger charge is 2.11. The fourth-order valence-electron chi connectivity index (χ4n) is 1.85. The summed E-state index contributed by atoms with van der Waals surface area (Å²) in [6.45, 7) is 3.90. The lowest BCUT2D eigenvalue weighted by Gasteiger charge is -2.25. The van der Waals surface area contributed by atoms with E-state index < -0.39 is 0 Å². The van der Waals surface area contributed by atoms with Crippen LogP contribution in [0.15, 0.2) is 24.3 Å². The van der Waals surface area contributed by atoms with Crippen molar-refractivity contribution in [2.24, 2.45) is 0 Å². The minimum absolute atomic E-state index is 0.109. The Labute approximate surface area is 104 Å². The molecule has 0 aliphatic heterocycles. The number of nitrogens with zero attached hydrogens (tertiary/aromatic N) is 1. The predicted octanol–water partition coefficient (Wildman–Crippen LogP) is 2.65. The second-order valence-corrected chi connectivity index (χ2v) is 4.60. The van der Waals surface area contributed by atoms with E-state index >= 15 is 0 Å². The summed E-state index contributed by atoms with van der Waals surface area (Å²) in [6, 6.07) is 7.47. The molecule has 0 aliphatic rings. The molecule has 0 fully saturated rings. The molecule has 0 saturated heterocycles. The molecule has 3 heteroatoms. The fraction of sp³-hybridized carbons (Fsp3) is 0.571. The summed E-state index contributed by atoms with van der Waals surface area (Å²) < 4.78 is 13.5. The molecule has 0 bridgehead atoms. The van der Waals surface area contributed by atoms with Gasteiger partial charge in [-0.1, -0.05) is 18.2 Å². The second-order valence-electron chi connectivity index (χ2n) is 4.60. The van der Waals surface area contributed by atoms with Gasteiger partial charge in [0.25, 0.3) is 0 Å². The topological polar surface area (TPSA) is 15.3 Å². The molecular formula is C14H23FN2. The van der Waals surface area contributed by atoms with Gasteiger partial charge in [-0.05, 0) is 46.5 Å². The van der Waals surface area contributed by atoms with Crippen LogP contribution < -0.4 is 5.32 Å². The highest BCUT2D eigenvalue weighted by atomic mass is 19.1. The Morgan fingerprint density at radius 2 is 2.06 bits per heavy atom. The van der Waals surface area contributed by atoms with Crippen LogP contribution in [0, 0.1) is 5.82 Å². The van der Waals surface area contributed by atoms with Crippen LogP contribution in [0.5, 0.6) is 0 Å². The molecule has 2 nitrogen and oxygen atoms in total. The lowest BCUT2D eigenvalue weighted by molar-refractivity contribution is 0.232. The van der Waals surface area contributed by atoms with E-state index in [2.05, 4.69) is 24.2 Å². The van der Waals surface area contributed by atoms with Gasteiger partial charge in [-0.15, -0.1) is 0 Å². The summed E-state index contributed by atoms with van der Waals surface area (Å²) in [5, 5.41) is 3.14. The Hall–Kier alpha value is -0.930. The first-order valence-electron chi connectivity index (χ1n) is 6.23. The third-order valence-corrected chi connectivity index (χ3v) is 3.18. The van der Waals surface area contributed by atoms with E-state index in [1.165, 1.54) is 6.07 Å². The maximum Gasteiger partial charge on any atom is 0.127 e. The summed E-state index contributed by atoms with van der Waals surface area (Å²) >= 11 is 0. The molecule has 1 aromatic rings. The van der Waals surface area contributed by atoms with Gasteiger partial charge >= 0.3 is 0 Å². The maximum atomic E-state index is 13.5. The van der Waals surface area contributed by atoms with Crippen LogP contribution in [0.1, 0.15) is 25.3 Å². The zero-order valence-electron chi connectivity index (χ0n) is 11.0. The summed E-state index contributed by atoms with van der Waals surface area (Å²) in [4.78, 5) is 2.20. The average molecular weight is 238 g/mol. The lowest BCUT2D eigenvalue weighted by atomic mass is 10.1.